The lowest BCUT2D eigenvalue weighted by Gasteiger charge is -2.23. The molecule has 0 aliphatic carbocycles. The zero-order chi connectivity index (χ0) is 28.1. The summed E-state index contributed by atoms with van der Waals surface area (Å²) in [4.78, 5) is 43.1. The number of halogens is 1. The number of fused-ring (bicyclic) bond motifs is 1. The highest BCUT2D eigenvalue weighted by atomic mass is 19.1. The van der Waals surface area contributed by atoms with E-state index >= 15 is 4.39 Å². The third kappa shape index (κ3) is 6.07. The van der Waals surface area contributed by atoms with Gasteiger partial charge >= 0.3 is 5.97 Å². The molecule has 0 radical (unpaired) electrons. The van der Waals surface area contributed by atoms with Gasteiger partial charge in [0.15, 0.2) is 5.82 Å². The number of H-pyrrole nitrogens is 1. The van der Waals surface area contributed by atoms with Gasteiger partial charge in [-0.15, -0.1) is 16.6 Å². The van der Waals surface area contributed by atoms with E-state index in [1.165, 1.54) is 16.7 Å². The summed E-state index contributed by atoms with van der Waals surface area (Å²) in [5.74, 6) is 0.417. The Morgan fingerprint density at radius 1 is 1.28 bits per heavy atom. The van der Waals surface area contributed by atoms with Crippen LogP contribution >= 0.6 is 0 Å². The number of carboxylic acid groups (broad SMARTS) is 1. The number of tetrazole rings is 1. The Morgan fingerprint density at radius 2 is 2.08 bits per heavy atom. The largest absolute Gasteiger partial charge is 0.480 e. The van der Waals surface area contributed by atoms with Crippen molar-refractivity contribution in [3.8, 4) is 12.3 Å². The average Bonchev–Trinajstić information content (AvgIpc) is 3.43. The minimum absolute atomic E-state index is 0.0137. The van der Waals surface area contributed by atoms with Crippen molar-refractivity contribution in [3.63, 3.8) is 0 Å². The third-order valence-electron chi connectivity index (χ3n) is 6.23. The van der Waals surface area contributed by atoms with Gasteiger partial charge in [-0.3, -0.25) is 14.2 Å². The number of carbonyl (C=O) groups excluding carboxylic acids is 1. The van der Waals surface area contributed by atoms with Crippen LogP contribution in [0.4, 0.5) is 10.1 Å². The number of hydrogen-bond donors (Lipinski definition) is 3. The normalized spacial score (nSPS) is 11.6. The number of carbonyl (C=O) groups is 2. The Kier molecular flexibility index (Phi) is 7.95. The number of nitrogens with zero attached hydrogens (tertiary/aromatic N) is 6. The fourth-order valence-electron chi connectivity index (χ4n) is 4.04. The molecule has 39 heavy (non-hydrogen) atoms. The molecule has 0 aliphatic rings. The fraction of sp³-hybridized carbons (Fsp3) is 0.269. The number of carboxylic acids is 1. The van der Waals surface area contributed by atoms with Crippen molar-refractivity contribution in [2.45, 2.75) is 32.4 Å². The topological polar surface area (TPSA) is 159 Å². The molecule has 1 amide bonds. The van der Waals surface area contributed by atoms with Crippen molar-refractivity contribution < 1.29 is 19.1 Å². The van der Waals surface area contributed by atoms with E-state index in [2.05, 4.69) is 36.8 Å². The van der Waals surface area contributed by atoms with E-state index in [1.54, 1.807) is 31.0 Å². The summed E-state index contributed by atoms with van der Waals surface area (Å²) < 4.78 is 16.5. The van der Waals surface area contributed by atoms with Gasteiger partial charge in [0.05, 0.1) is 23.0 Å². The number of hydrogen-bond acceptors (Lipinski definition) is 8. The van der Waals surface area contributed by atoms with E-state index in [9.17, 15) is 19.5 Å². The third-order valence-corrected chi connectivity index (χ3v) is 6.23. The summed E-state index contributed by atoms with van der Waals surface area (Å²) in [6.45, 7) is 2.14. The van der Waals surface area contributed by atoms with E-state index in [-0.39, 0.29) is 42.9 Å². The van der Waals surface area contributed by atoms with Crippen LogP contribution in [0.15, 0.2) is 41.2 Å². The summed E-state index contributed by atoms with van der Waals surface area (Å²) in [6.07, 6.45) is 5.68. The first-order valence-electron chi connectivity index (χ1n) is 11.9. The number of aryl methyl sites for hydroxylation is 2. The van der Waals surface area contributed by atoms with E-state index < -0.39 is 23.7 Å². The predicted octanol–water partition coefficient (Wildman–Crippen LogP) is 1.35. The smallest absolute Gasteiger partial charge is 0.326 e. The SMILES string of the molecule is C#CCN(Cc1ccc2nc(C)n(C)c(=O)c2c1)c1ccc(C(=O)N[C@@H](CCc2nn[nH]n2)C(=O)O)c(F)c1. The average molecular weight is 533 g/mol. The minimum Gasteiger partial charge on any atom is -0.480 e. The lowest BCUT2D eigenvalue weighted by atomic mass is 10.1. The molecule has 1 atom stereocenters. The van der Waals surface area contributed by atoms with Gasteiger partial charge in [-0.05, 0) is 49.2 Å². The highest BCUT2D eigenvalue weighted by molar-refractivity contribution is 5.97. The van der Waals surface area contributed by atoms with Gasteiger partial charge in [0.1, 0.15) is 17.7 Å². The van der Waals surface area contributed by atoms with E-state index in [1.807, 2.05) is 6.07 Å². The van der Waals surface area contributed by atoms with Crippen LogP contribution in [-0.2, 0) is 24.8 Å². The van der Waals surface area contributed by atoms with Crippen molar-refractivity contribution in [2.24, 2.45) is 7.05 Å². The molecule has 0 unspecified atom stereocenters. The number of rotatable bonds is 10. The van der Waals surface area contributed by atoms with Crippen molar-refractivity contribution in [1.29, 1.82) is 0 Å². The lowest BCUT2D eigenvalue weighted by molar-refractivity contribution is -0.139. The Hall–Kier alpha value is -5.12. The number of nitrogens with one attached hydrogen (secondary N) is 2. The van der Waals surface area contributed by atoms with Crippen LogP contribution < -0.4 is 15.8 Å². The van der Waals surface area contributed by atoms with Gasteiger partial charge in [-0.25, -0.2) is 14.2 Å². The number of aromatic nitrogens is 6. The molecule has 200 valence electrons. The number of benzene rings is 2. The maximum absolute atomic E-state index is 15.1. The number of anilines is 1. The predicted molar refractivity (Wildman–Crippen MR) is 139 cm³/mol. The van der Waals surface area contributed by atoms with Crippen LogP contribution in [0.3, 0.4) is 0 Å². The monoisotopic (exact) mass is 532 g/mol. The molecular formula is C26H25FN8O4. The van der Waals surface area contributed by atoms with Crippen LogP contribution in [0, 0.1) is 25.1 Å². The van der Waals surface area contributed by atoms with Crippen LogP contribution in [0.2, 0.25) is 0 Å². The van der Waals surface area contributed by atoms with Gasteiger partial charge in [0.25, 0.3) is 11.5 Å². The molecular weight excluding hydrogens is 507 g/mol. The Bertz CT molecular complexity index is 1630. The van der Waals surface area contributed by atoms with Crippen molar-refractivity contribution in [1.82, 2.24) is 35.5 Å². The molecule has 2 aromatic carbocycles. The molecule has 0 aliphatic heterocycles. The van der Waals surface area contributed by atoms with Crippen molar-refractivity contribution in [3.05, 3.63) is 75.3 Å². The molecule has 2 aromatic heterocycles. The Morgan fingerprint density at radius 3 is 2.74 bits per heavy atom. The molecule has 0 spiro atoms. The summed E-state index contributed by atoms with van der Waals surface area (Å²) >= 11 is 0. The number of terminal acetylenes is 1. The molecule has 2 heterocycles. The fourth-order valence-corrected chi connectivity index (χ4v) is 4.04. The second-order valence-electron chi connectivity index (χ2n) is 8.83. The lowest BCUT2D eigenvalue weighted by Crippen LogP contribution is -2.41. The van der Waals surface area contributed by atoms with Gasteiger partial charge in [-0.1, -0.05) is 17.2 Å². The first kappa shape index (κ1) is 26.9. The standard InChI is InChI=1S/C26H25FN8O4/c1-4-11-35(14-16-5-8-21-19(12-16)25(37)34(3)15(2)28-21)17-6-7-18(20(27)13-17)24(36)29-22(26(38)39)9-10-23-30-32-33-31-23/h1,5-8,12-13,22H,9-11,14H2,2-3H3,(H,29,36)(H,38,39)(H,30,31,32,33)/t22-/m0/s1. The molecule has 12 nitrogen and oxygen atoms in total. The molecule has 0 fully saturated rings. The van der Waals surface area contributed by atoms with Gasteiger partial charge in [0.2, 0.25) is 0 Å². The molecule has 4 rings (SSSR count). The first-order chi connectivity index (χ1) is 18.7. The molecule has 0 saturated carbocycles. The highest BCUT2D eigenvalue weighted by Gasteiger charge is 2.23. The van der Waals surface area contributed by atoms with Gasteiger partial charge in [0, 0.05) is 25.7 Å². The maximum atomic E-state index is 15.1. The van der Waals surface area contributed by atoms with Gasteiger partial charge in [-0.2, -0.15) is 5.21 Å². The van der Waals surface area contributed by atoms with Crippen molar-refractivity contribution in [2.75, 3.05) is 11.4 Å². The van der Waals surface area contributed by atoms with E-state index in [0.717, 1.165) is 11.6 Å². The minimum atomic E-state index is -1.29. The number of aromatic amines is 1. The highest BCUT2D eigenvalue weighted by Crippen LogP contribution is 2.22. The van der Waals surface area contributed by atoms with Crippen LogP contribution in [0.1, 0.15) is 34.0 Å². The second-order valence-corrected chi connectivity index (χ2v) is 8.83. The Balaban J connectivity index is 1.52. The summed E-state index contributed by atoms with van der Waals surface area (Å²) in [7, 11) is 1.65. The van der Waals surface area contributed by atoms with E-state index in [0.29, 0.717) is 22.4 Å². The molecule has 4 aromatic rings. The maximum Gasteiger partial charge on any atom is 0.326 e. The molecule has 0 bridgehead atoms. The zero-order valence-electron chi connectivity index (χ0n) is 21.2. The van der Waals surface area contributed by atoms with Crippen LogP contribution in [0.5, 0.6) is 0 Å². The Labute approximate surface area is 221 Å². The first-order valence-corrected chi connectivity index (χ1v) is 11.9. The van der Waals surface area contributed by atoms with Crippen LogP contribution in [-0.4, -0.2) is 59.7 Å². The summed E-state index contributed by atoms with van der Waals surface area (Å²) in [5.41, 5.74) is 1.24. The quantitative estimate of drug-likeness (QED) is 0.256. The molecule has 3 N–H and O–H groups in total. The molecule has 0 saturated heterocycles. The van der Waals surface area contributed by atoms with Gasteiger partial charge < -0.3 is 15.3 Å². The zero-order valence-corrected chi connectivity index (χ0v) is 21.2. The second kappa shape index (κ2) is 11.5. The molecule has 13 heteroatoms. The summed E-state index contributed by atoms with van der Waals surface area (Å²) in [6, 6.07) is 7.96. The van der Waals surface area contributed by atoms with E-state index in [4.69, 9.17) is 6.42 Å². The van der Waals surface area contributed by atoms with Crippen LogP contribution in [0.25, 0.3) is 10.9 Å². The number of aliphatic carboxylic acids is 1. The number of amides is 1. The van der Waals surface area contributed by atoms with Crippen molar-refractivity contribution >= 4 is 28.5 Å². The summed E-state index contributed by atoms with van der Waals surface area (Å²) in [5, 5.41) is 25.4.